The maximum atomic E-state index is 12.9. The number of benzene rings is 1. The minimum Gasteiger partial charge on any atom is -0.324 e. The summed E-state index contributed by atoms with van der Waals surface area (Å²) >= 11 is 0. The summed E-state index contributed by atoms with van der Waals surface area (Å²) in [6.45, 7) is 1.65. The average molecular weight is 187 g/mol. The van der Waals surface area contributed by atoms with Gasteiger partial charge in [-0.3, -0.25) is 4.79 Å². The first-order valence-corrected chi connectivity index (χ1v) is 3.88. The summed E-state index contributed by atoms with van der Waals surface area (Å²) < 4.78 is 25.3. The Morgan fingerprint density at radius 3 is 2.77 bits per heavy atom. The number of nitrogens with one attached hydrogen (secondary N) is 1. The molecule has 0 saturated carbocycles. The summed E-state index contributed by atoms with van der Waals surface area (Å²) in [6.07, 6.45) is 0.261. The molecule has 0 aliphatic heterocycles. The Labute approximate surface area is 76.1 Å². The first kappa shape index (κ1) is 9.64. The predicted octanol–water partition coefficient (Wildman–Crippen LogP) is 2.56. The van der Waals surface area contributed by atoms with Gasteiger partial charge in [-0.2, -0.15) is 0 Å². The van der Waals surface area contributed by atoms with Gasteiger partial charge in [0.05, 0.1) is 5.69 Å². The molecule has 0 aliphatic rings. The number of rotatable bonds is 2. The number of amides is 1. The van der Waals surface area contributed by atoms with E-state index in [0.29, 0.717) is 0 Å². The normalized spacial score (nSPS) is 9.77. The van der Waals surface area contributed by atoms with Crippen LogP contribution >= 0.6 is 0 Å². The Hall–Kier alpha value is -1.45. The second kappa shape index (κ2) is 3.98. The van der Waals surface area contributed by atoms with Crippen LogP contribution in [-0.2, 0) is 4.79 Å². The van der Waals surface area contributed by atoms with Gasteiger partial charge < -0.3 is 5.32 Å². The molecule has 4 heteroatoms. The summed E-state index contributed by atoms with van der Waals surface area (Å²) in [5.41, 5.74) is 0.00764. The number of hydrogen-bond donors (Lipinski definition) is 1. The third kappa shape index (κ3) is 2.50. The van der Waals surface area contributed by atoms with Crippen molar-refractivity contribution in [3.63, 3.8) is 0 Å². The molecule has 0 aromatic heterocycles. The Balaban J connectivity index is 0.00000169. The number of carbonyl (C=O) groups excluding carboxylic acids is 1. The van der Waals surface area contributed by atoms with Crippen molar-refractivity contribution in [1.29, 1.82) is 0 Å². The van der Waals surface area contributed by atoms with Crippen LogP contribution in [0.15, 0.2) is 18.2 Å². The van der Waals surface area contributed by atoms with Crippen LogP contribution in [0.4, 0.5) is 14.5 Å². The molecule has 0 unspecified atom stereocenters. The summed E-state index contributed by atoms with van der Waals surface area (Å²) in [5, 5.41) is 2.31. The topological polar surface area (TPSA) is 29.1 Å². The van der Waals surface area contributed by atoms with Gasteiger partial charge >= 0.3 is 0 Å². The highest BCUT2D eigenvalue weighted by molar-refractivity contribution is 5.90. The van der Waals surface area contributed by atoms with E-state index in [1.165, 1.54) is 6.07 Å². The van der Waals surface area contributed by atoms with E-state index in [2.05, 4.69) is 5.32 Å². The van der Waals surface area contributed by atoms with Crippen LogP contribution < -0.4 is 5.32 Å². The van der Waals surface area contributed by atoms with Crippen LogP contribution in [0.5, 0.6) is 0 Å². The second-order valence-electron chi connectivity index (χ2n) is 2.53. The van der Waals surface area contributed by atoms with E-state index in [1.54, 1.807) is 6.92 Å². The molecule has 0 spiro atoms. The van der Waals surface area contributed by atoms with Gasteiger partial charge in [0, 0.05) is 13.9 Å². The van der Waals surface area contributed by atoms with Gasteiger partial charge in [-0.1, -0.05) is 6.92 Å². The monoisotopic (exact) mass is 187 g/mol. The zero-order valence-electron chi connectivity index (χ0n) is 7.10. The molecule has 0 saturated heterocycles. The Kier molecular flexibility index (Phi) is 2.95. The standard InChI is InChI=1S/C9H9F2NO.H2/c1-2-9(13)12-8-4-3-6(10)5-7(8)11;/h3-5H,2H2,1H3,(H,12,13);1H. The molecular formula is C9H11F2NO. The maximum absolute atomic E-state index is 12.9. The van der Waals surface area contributed by atoms with Gasteiger partial charge in [0.1, 0.15) is 11.6 Å². The van der Waals surface area contributed by atoms with Crippen molar-refractivity contribution in [2.45, 2.75) is 13.3 Å². The number of halogens is 2. The maximum Gasteiger partial charge on any atom is 0.224 e. The fourth-order valence-corrected chi connectivity index (χ4v) is 0.829. The molecule has 0 aliphatic carbocycles. The molecular weight excluding hydrogens is 176 g/mol. The summed E-state index contributed by atoms with van der Waals surface area (Å²) in [6, 6.07) is 3.01. The zero-order valence-corrected chi connectivity index (χ0v) is 7.10. The molecule has 1 aromatic carbocycles. The fourth-order valence-electron chi connectivity index (χ4n) is 0.829. The van der Waals surface area contributed by atoms with Gasteiger partial charge in [0.25, 0.3) is 0 Å². The van der Waals surface area contributed by atoms with Crippen LogP contribution in [0, 0.1) is 11.6 Å². The van der Waals surface area contributed by atoms with E-state index in [9.17, 15) is 13.6 Å². The van der Waals surface area contributed by atoms with Crippen molar-refractivity contribution >= 4 is 11.6 Å². The largest absolute Gasteiger partial charge is 0.324 e. The summed E-state index contributed by atoms with van der Waals surface area (Å²) in [4.78, 5) is 10.8. The first-order valence-electron chi connectivity index (χ1n) is 3.88. The minimum atomic E-state index is -0.762. The quantitative estimate of drug-likeness (QED) is 0.757. The van der Waals surface area contributed by atoms with Crippen LogP contribution in [0.25, 0.3) is 0 Å². The van der Waals surface area contributed by atoms with E-state index in [4.69, 9.17) is 0 Å². The Bertz CT molecular complexity index is 331. The SMILES string of the molecule is CCC(=O)Nc1ccc(F)cc1F.[HH]. The Morgan fingerprint density at radius 1 is 1.54 bits per heavy atom. The van der Waals surface area contributed by atoms with E-state index in [1.807, 2.05) is 0 Å². The van der Waals surface area contributed by atoms with Gasteiger partial charge in [0.2, 0.25) is 5.91 Å². The van der Waals surface area contributed by atoms with Crippen LogP contribution in [0.3, 0.4) is 0 Å². The third-order valence-electron chi connectivity index (χ3n) is 1.53. The van der Waals surface area contributed by atoms with E-state index in [-0.39, 0.29) is 19.4 Å². The van der Waals surface area contributed by atoms with Crippen LogP contribution in [0.2, 0.25) is 0 Å². The van der Waals surface area contributed by atoms with Crippen molar-refractivity contribution in [2.75, 3.05) is 5.32 Å². The lowest BCUT2D eigenvalue weighted by Gasteiger charge is -2.03. The van der Waals surface area contributed by atoms with Gasteiger partial charge in [0.15, 0.2) is 0 Å². The van der Waals surface area contributed by atoms with Crippen LogP contribution in [-0.4, -0.2) is 5.91 Å². The van der Waals surface area contributed by atoms with E-state index in [0.717, 1.165) is 12.1 Å². The fraction of sp³-hybridized carbons (Fsp3) is 0.222. The number of carbonyl (C=O) groups is 1. The lowest BCUT2D eigenvalue weighted by molar-refractivity contribution is -0.115. The Morgan fingerprint density at radius 2 is 2.23 bits per heavy atom. The highest BCUT2D eigenvalue weighted by Gasteiger charge is 2.05. The highest BCUT2D eigenvalue weighted by atomic mass is 19.1. The van der Waals surface area contributed by atoms with E-state index >= 15 is 0 Å². The molecule has 1 amide bonds. The lowest BCUT2D eigenvalue weighted by Crippen LogP contribution is -2.10. The predicted molar refractivity (Wildman–Crippen MR) is 47.4 cm³/mol. The van der Waals surface area contributed by atoms with Gasteiger partial charge in [-0.15, -0.1) is 0 Å². The molecule has 72 valence electrons. The van der Waals surface area contributed by atoms with Gasteiger partial charge in [-0.05, 0) is 12.1 Å². The molecule has 0 heterocycles. The van der Waals surface area contributed by atoms with Crippen molar-refractivity contribution in [2.24, 2.45) is 0 Å². The molecule has 13 heavy (non-hydrogen) atoms. The molecule has 0 fully saturated rings. The highest BCUT2D eigenvalue weighted by Crippen LogP contribution is 2.14. The first-order chi connectivity index (χ1) is 6.13. The third-order valence-corrected chi connectivity index (χ3v) is 1.53. The molecule has 2 nitrogen and oxygen atoms in total. The smallest absolute Gasteiger partial charge is 0.224 e. The zero-order chi connectivity index (χ0) is 9.84. The molecule has 1 aromatic rings. The molecule has 0 radical (unpaired) electrons. The van der Waals surface area contributed by atoms with Crippen molar-refractivity contribution in [1.82, 2.24) is 0 Å². The minimum absolute atomic E-state index is 0. The molecule has 0 bridgehead atoms. The van der Waals surface area contributed by atoms with Crippen molar-refractivity contribution < 1.29 is 15.0 Å². The molecule has 1 rings (SSSR count). The van der Waals surface area contributed by atoms with Gasteiger partial charge in [-0.25, -0.2) is 8.78 Å². The van der Waals surface area contributed by atoms with Crippen molar-refractivity contribution in [3.8, 4) is 0 Å². The second-order valence-corrected chi connectivity index (χ2v) is 2.53. The molecule has 1 N–H and O–H groups in total. The van der Waals surface area contributed by atoms with E-state index < -0.39 is 11.6 Å². The summed E-state index contributed by atoms with van der Waals surface area (Å²) in [5.74, 6) is -1.72. The summed E-state index contributed by atoms with van der Waals surface area (Å²) in [7, 11) is 0. The number of hydrogen-bond acceptors (Lipinski definition) is 1. The average Bonchev–Trinajstić information content (AvgIpc) is 2.09. The van der Waals surface area contributed by atoms with Crippen molar-refractivity contribution in [3.05, 3.63) is 29.8 Å². The lowest BCUT2D eigenvalue weighted by atomic mass is 10.3. The van der Waals surface area contributed by atoms with Crippen LogP contribution in [0.1, 0.15) is 14.8 Å². The molecule has 0 atom stereocenters. The number of anilines is 1.